The number of methoxy groups -OCH3 is 1. The van der Waals surface area contributed by atoms with E-state index in [1.807, 2.05) is 4.90 Å². The summed E-state index contributed by atoms with van der Waals surface area (Å²) in [5, 5.41) is 8.88. The SMILES string of the molecule is COC(=O)C(C)(C)CC(=O)N1CCCC(CCCO)C1. The maximum atomic E-state index is 12.3. The molecular formula is C15H27NO4. The van der Waals surface area contributed by atoms with Crippen LogP contribution in [0.3, 0.4) is 0 Å². The van der Waals surface area contributed by atoms with E-state index in [0.29, 0.717) is 5.92 Å². The summed E-state index contributed by atoms with van der Waals surface area (Å²) in [7, 11) is 1.35. The van der Waals surface area contributed by atoms with Gasteiger partial charge in [0, 0.05) is 26.1 Å². The van der Waals surface area contributed by atoms with E-state index in [9.17, 15) is 9.59 Å². The van der Waals surface area contributed by atoms with Gasteiger partial charge in [-0.25, -0.2) is 0 Å². The molecule has 0 aromatic carbocycles. The van der Waals surface area contributed by atoms with Crippen molar-refractivity contribution in [1.29, 1.82) is 0 Å². The van der Waals surface area contributed by atoms with E-state index >= 15 is 0 Å². The van der Waals surface area contributed by atoms with Crippen LogP contribution in [0.4, 0.5) is 0 Å². The van der Waals surface area contributed by atoms with Gasteiger partial charge in [-0.3, -0.25) is 9.59 Å². The normalized spacial score (nSPS) is 19.8. The third-order valence-electron chi connectivity index (χ3n) is 3.97. The molecule has 0 spiro atoms. The van der Waals surface area contributed by atoms with Gasteiger partial charge in [-0.05, 0) is 45.4 Å². The van der Waals surface area contributed by atoms with Crippen molar-refractivity contribution in [1.82, 2.24) is 4.90 Å². The Labute approximate surface area is 121 Å². The number of carbonyl (C=O) groups excluding carboxylic acids is 2. The molecule has 0 aromatic rings. The molecule has 20 heavy (non-hydrogen) atoms. The van der Waals surface area contributed by atoms with Crippen molar-refractivity contribution in [3.8, 4) is 0 Å². The zero-order chi connectivity index (χ0) is 15.2. The molecule has 5 nitrogen and oxygen atoms in total. The standard InChI is InChI=1S/C15H27NO4/c1-15(2,14(19)20-3)10-13(18)16-8-4-6-12(11-16)7-5-9-17/h12,17H,4-11H2,1-3H3. The quantitative estimate of drug-likeness (QED) is 0.753. The largest absolute Gasteiger partial charge is 0.469 e. The van der Waals surface area contributed by atoms with Gasteiger partial charge in [-0.15, -0.1) is 0 Å². The Morgan fingerprint density at radius 2 is 2.10 bits per heavy atom. The first-order valence-electron chi connectivity index (χ1n) is 7.37. The molecule has 1 rings (SSSR count). The van der Waals surface area contributed by atoms with E-state index in [0.717, 1.165) is 38.8 Å². The summed E-state index contributed by atoms with van der Waals surface area (Å²) in [5.41, 5.74) is -0.774. The molecule has 1 aliphatic rings. The third kappa shape index (κ3) is 4.78. The molecule has 0 radical (unpaired) electrons. The molecule has 1 heterocycles. The Morgan fingerprint density at radius 1 is 1.40 bits per heavy atom. The molecule has 1 fully saturated rings. The van der Waals surface area contributed by atoms with Crippen LogP contribution in [0.15, 0.2) is 0 Å². The lowest BCUT2D eigenvalue weighted by atomic mass is 9.87. The highest BCUT2D eigenvalue weighted by Gasteiger charge is 2.34. The van der Waals surface area contributed by atoms with Crippen molar-refractivity contribution >= 4 is 11.9 Å². The van der Waals surface area contributed by atoms with E-state index < -0.39 is 5.41 Å². The van der Waals surface area contributed by atoms with Crippen LogP contribution in [0, 0.1) is 11.3 Å². The fraction of sp³-hybridized carbons (Fsp3) is 0.867. The minimum absolute atomic E-state index is 0.0223. The van der Waals surface area contributed by atoms with Crippen LogP contribution in [0.25, 0.3) is 0 Å². The van der Waals surface area contributed by atoms with E-state index in [4.69, 9.17) is 9.84 Å². The van der Waals surface area contributed by atoms with Crippen LogP contribution in [-0.4, -0.2) is 48.7 Å². The average Bonchev–Trinajstić information content (AvgIpc) is 2.43. The lowest BCUT2D eigenvalue weighted by molar-refractivity contribution is -0.155. The number of piperidine rings is 1. The molecule has 1 aliphatic heterocycles. The van der Waals surface area contributed by atoms with Crippen molar-refractivity contribution in [2.24, 2.45) is 11.3 Å². The fourth-order valence-corrected chi connectivity index (χ4v) is 2.75. The molecule has 1 unspecified atom stereocenters. The summed E-state index contributed by atoms with van der Waals surface area (Å²) >= 11 is 0. The van der Waals surface area contributed by atoms with E-state index in [-0.39, 0.29) is 24.9 Å². The van der Waals surface area contributed by atoms with Gasteiger partial charge in [0.05, 0.1) is 12.5 Å². The number of aliphatic hydroxyl groups excluding tert-OH is 1. The van der Waals surface area contributed by atoms with Crippen LogP contribution in [0.2, 0.25) is 0 Å². The van der Waals surface area contributed by atoms with Gasteiger partial charge in [-0.2, -0.15) is 0 Å². The van der Waals surface area contributed by atoms with Gasteiger partial charge in [0.25, 0.3) is 0 Å². The number of carbonyl (C=O) groups is 2. The minimum Gasteiger partial charge on any atom is -0.469 e. The number of amides is 1. The Morgan fingerprint density at radius 3 is 2.70 bits per heavy atom. The van der Waals surface area contributed by atoms with Gasteiger partial charge in [0.15, 0.2) is 0 Å². The number of ether oxygens (including phenoxy) is 1. The zero-order valence-corrected chi connectivity index (χ0v) is 12.9. The lowest BCUT2D eigenvalue weighted by Crippen LogP contribution is -2.42. The van der Waals surface area contributed by atoms with Crippen molar-refractivity contribution in [2.45, 2.75) is 46.0 Å². The molecule has 0 saturated carbocycles. The predicted octanol–water partition coefficient (Wildman–Crippen LogP) is 1.59. The fourth-order valence-electron chi connectivity index (χ4n) is 2.75. The highest BCUT2D eigenvalue weighted by atomic mass is 16.5. The number of esters is 1. The molecule has 0 aliphatic carbocycles. The average molecular weight is 285 g/mol. The number of nitrogens with zero attached hydrogens (tertiary/aromatic N) is 1. The number of likely N-dealkylation sites (tertiary alicyclic amines) is 1. The van der Waals surface area contributed by atoms with E-state index in [1.165, 1.54) is 7.11 Å². The van der Waals surface area contributed by atoms with Gasteiger partial charge in [0.2, 0.25) is 5.91 Å². The number of hydrogen-bond acceptors (Lipinski definition) is 4. The third-order valence-corrected chi connectivity index (χ3v) is 3.97. The molecule has 0 bridgehead atoms. The summed E-state index contributed by atoms with van der Waals surface area (Å²) in [6.45, 7) is 5.20. The second-order valence-electron chi connectivity index (χ2n) is 6.27. The molecule has 1 atom stereocenters. The number of rotatable bonds is 6. The van der Waals surface area contributed by atoms with Gasteiger partial charge in [-0.1, -0.05) is 0 Å². The molecule has 116 valence electrons. The Kier molecular flexibility index (Phi) is 6.46. The molecule has 1 saturated heterocycles. The molecule has 0 aromatic heterocycles. The summed E-state index contributed by atoms with van der Waals surface area (Å²) in [6.07, 6.45) is 4.05. The Balaban J connectivity index is 2.52. The highest BCUT2D eigenvalue weighted by Crippen LogP contribution is 2.26. The first kappa shape index (κ1) is 17.0. The maximum Gasteiger partial charge on any atom is 0.311 e. The first-order chi connectivity index (χ1) is 9.40. The molecule has 5 heteroatoms. The summed E-state index contributed by atoms with van der Waals surface area (Å²) in [4.78, 5) is 25.8. The van der Waals surface area contributed by atoms with Crippen LogP contribution in [-0.2, 0) is 14.3 Å². The van der Waals surface area contributed by atoms with Crippen LogP contribution in [0.5, 0.6) is 0 Å². The van der Waals surface area contributed by atoms with Crippen molar-refractivity contribution in [3.63, 3.8) is 0 Å². The maximum absolute atomic E-state index is 12.3. The zero-order valence-electron chi connectivity index (χ0n) is 12.9. The minimum atomic E-state index is -0.774. The van der Waals surface area contributed by atoms with Crippen LogP contribution < -0.4 is 0 Å². The van der Waals surface area contributed by atoms with Crippen molar-refractivity contribution in [2.75, 3.05) is 26.8 Å². The lowest BCUT2D eigenvalue weighted by Gasteiger charge is -2.34. The van der Waals surface area contributed by atoms with Crippen molar-refractivity contribution in [3.05, 3.63) is 0 Å². The predicted molar refractivity (Wildman–Crippen MR) is 76.0 cm³/mol. The van der Waals surface area contributed by atoms with E-state index in [2.05, 4.69) is 0 Å². The van der Waals surface area contributed by atoms with E-state index in [1.54, 1.807) is 13.8 Å². The summed E-state index contributed by atoms with van der Waals surface area (Å²) in [6, 6.07) is 0. The summed E-state index contributed by atoms with van der Waals surface area (Å²) in [5.74, 6) is 0.148. The van der Waals surface area contributed by atoms with Crippen LogP contribution in [0.1, 0.15) is 46.0 Å². The monoisotopic (exact) mass is 285 g/mol. The van der Waals surface area contributed by atoms with Crippen molar-refractivity contribution < 1.29 is 19.4 Å². The molecular weight excluding hydrogens is 258 g/mol. The van der Waals surface area contributed by atoms with Gasteiger partial charge < -0.3 is 14.7 Å². The smallest absolute Gasteiger partial charge is 0.311 e. The molecule has 1 N–H and O–H groups in total. The van der Waals surface area contributed by atoms with Gasteiger partial charge >= 0.3 is 5.97 Å². The van der Waals surface area contributed by atoms with Crippen LogP contribution >= 0.6 is 0 Å². The molecule has 1 amide bonds. The van der Waals surface area contributed by atoms with Gasteiger partial charge in [0.1, 0.15) is 0 Å². The number of aliphatic hydroxyl groups is 1. The highest BCUT2D eigenvalue weighted by molar-refractivity contribution is 5.85. The number of hydrogen-bond donors (Lipinski definition) is 1. The Bertz CT molecular complexity index is 341. The Hall–Kier alpha value is -1.10. The first-order valence-corrected chi connectivity index (χ1v) is 7.37. The second kappa shape index (κ2) is 7.62. The summed E-state index contributed by atoms with van der Waals surface area (Å²) < 4.78 is 4.74. The second-order valence-corrected chi connectivity index (χ2v) is 6.27. The topological polar surface area (TPSA) is 66.8 Å².